The first-order valence-corrected chi connectivity index (χ1v) is 9.10. The van der Waals surface area contributed by atoms with Crippen molar-refractivity contribution < 1.29 is 4.74 Å². The van der Waals surface area contributed by atoms with Gasteiger partial charge < -0.3 is 4.74 Å². The van der Waals surface area contributed by atoms with E-state index in [4.69, 9.17) is 4.74 Å². The molecule has 4 aromatic rings. The highest BCUT2D eigenvalue weighted by molar-refractivity contribution is 7.22. The summed E-state index contributed by atoms with van der Waals surface area (Å²) in [7, 11) is 0. The molecule has 4 nitrogen and oxygen atoms in total. The standard InChI is InChI=1S/C21H17N3OS/c1-2-7-16(8-3-1)15-25-18-10-6-9-17(13-18)14-22-24-21-23-19-11-4-5-12-20(19)26-21/h1-14H,15H2,(H,23,24)/b22-14+. The molecule has 0 spiro atoms. The minimum absolute atomic E-state index is 0.547. The highest BCUT2D eigenvalue weighted by Crippen LogP contribution is 2.25. The Bertz CT molecular complexity index is 995. The average molecular weight is 359 g/mol. The van der Waals surface area contributed by atoms with Crippen molar-refractivity contribution in [3.05, 3.63) is 90.0 Å². The first-order valence-electron chi connectivity index (χ1n) is 8.28. The van der Waals surface area contributed by atoms with Gasteiger partial charge >= 0.3 is 0 Å². The normalized spacial score (nSPS) is 11.1. The molecule has 5 heteroatoms. The first kappa shape index (κ1) is 16.3. The van der Waals surface area contributed by atoms with Gasteiger partial charge in [-0.05, 0) is 35.4 Å². The number of nitrogens with one attached hydrogen (secondary N) is 1. The number of benzene rings is 3. The van der Waals surface area contributed by atoms with Gasteiger partial charge in [0, 0.05) is 0 Å². The summed E-state index contributed by atoms with van der Waals surface area (Å²) in [5.74, 6) is 0.817. The van der Waals surface area contributed by atoms with Crippen LogP contribution < -0.4 is 10.2 Å². The number of fused-ring (bicyclic) bond motifs is 1. The van der Waals surface area contributed by atoms with Crippen molar-refractivity contribution in [1.29, 1.82) is 0 Å². The molecular formula is C21H17N3OS. The quantitative estimate of drug-likeness (QED) is 0.374. The van der Waals surface area contributed by atoms with Crippen molar-refractivity contribution in [3.63, 3.8) is 0 Å². The van der Waals surface area contributed by atoms with E-state index in [9.17, 15) is 0 Å². The summed E-state index contributed by atoms with van der Waals surface area (Å²) in [5.41, 5.74) is 6.08. The zero-order valence-electron chi connectivity index (χ0n) is 14.0. The Kier molecular flexibility index (Phi) is 4.89. The van der Waals surface area contributed by atoms with Crippen LogP contribution in [0.25, 0.3) is 10.2 Å². The van der Waals surface area contributed by atoms with Crippen LogP contribution in [0.4, 0.5) is 5.13 Å². The lowest BCUT2D eigenvalue weighted by Crippen LogP contribution is -1.96. The van der Waals surface area contributed by atoms with E-state index in [-0.39, 0.29) is 0 Å². The number of thiazole rings is 1. The second-order valence-electron chi connectivity index (χ2n) is 5.70. The minimum Gasteiger partial charge on any atom is -0.489 e. The SMILES string of the molecule is C(=N\Nc1nc2ccccc2s1)/c1cccc(OCc2ccccc2)c1. The number of hydrogen-bond donors (Lipinski definition) is 1. The maximum atomic E-state index is 5.84. The second-order valence-corrected chi connectivity index (χ2v) is 6.73. The molecule has 0 aliphatic carbocycles. The van der Waals surface area contributed by atoms with E-state index in [1.54, 1.807) is 17.6 Å². The second kappa shape index (κ2) is 7.80. The van der Waals surface area contributed by atoms with Crippen LogP contribution in [0.1, 0.15) is 11.1 Å². The van der Waals surface area contributed by atoms with Crippen molar-refractivity contribution in [3.8, 4) is 5.75 Å². The number of rotatable bonds is 6. The molecule has 0 fully saturated rings. The van der Waals surface area contributed by atoms with Crippen molar-refractivity contribution in [1.82, 2.24) is 4.98 Å². The maximum absolute atomic E-state index is 5.84. The summed E-state index contributed by atoms with van der Waals surface area (Å²) < 4.78 is 6.99. The van der Waals surface area contributed by atoms with Crippen LogP contribution in [0.15, 0.2) is 84.0 Å². The van der Waals surface area contributed by atoms with E-state index >= 15 is 0 Å². The topological polar surface area (TPSA) is 46.5 Å². The lowest BCUT2D eigenvalue weighted by molar-refractivity contribution is 0.306. The van der Waals surface area contributed by atoms with Crippen LogP contribution in [0.2, 0.25) is 0 Å². The minimum atomic E-state index is 0.547. The van der Waals surface area contributed by atoms with Gasteiger partial charge in [-0.2, -0.15) is 5.10 Å². The number of para-hydroxylation sites is 1. The fourth-order valence-corrected chi connectivity index (χ4v) is 3.32. The predicted octanol–water partition coefficient (Wildman–Crippen LogP) is 5.32. The van der Waals surface area contributed by atoms with Crippen LogP contribution in [-0.4, -0.2) is 11.2 Å². The van der Waals surface area contributed by atoms with Gasteiger partial charge in [-0.15, -0.1) is 0 Å². The molecule has 3 aromatic carbocycles. The maximum Gasteiger partial charge on any atom is 0.204 e. The summed E-state index contributed by atoms with van der Waals surface area (Å²) in [6.45, 7) is 0.547. The van der Waals surface area contributed by atoms with Crippen LogP contribution in [-0.2, 0) is 6.61 Å². The van der Waals surface area contributed by atoms with Crippen LogP contribution in [0, 0.1) is 0 Å². The molecule has 1 N–H and O–H groups in total. The van der Waals surface area contributed by atoms with Crippen LogP contribution in [0.3, 0.4) is 0 Å². The summed E-state index contributed by atoms with van der Waals surface area (Å²) in [6.07, 6.45) is 1.77. The number of aromatic nitrogens is 1. The third-order valence-electron chi connectivity index (χ3n) is 3.77. The Morgan fingerprint density at radius 1 is 0.962 bits per heavy atom. The van der Waals surface area contributed by atoms with E-state index in [2.05, 4.69) is 21.6 Å². The van der Waals surface area contributed by atoms with Crippen LogP contribution in [0.5, 0.6) is 5.75 Å². The molecule has 26 heavy (non-hydrogen) atoms. The third kappa shape index (κ3) is 4.07. The zero-order valence-corrected chi connectivity index (χ0v) is 14.8. The molecular weight excluding hydrogens is 342 g/mol. The molecule has 128 valence electrons. The highest BCUT2D eigenvalue weighted by Gasteiger charge is 2.01. The van der Waals surface area contributed by atoms with Crippen LogP contribution >= 0.6 is 11.3 Å². The fourth-order valence-electron chi connectivity index (χ4n) is 2.51. The van der Waals surface area contributed by atoms with E-state index in [1.165, 1.54) is 0 Å². The average Bonchev–Trinajstić information content (AvgIpc) is 3.10. The van der Waals surface area contributed by atoms with Gasteiger partial charge in [0.1, 0.15) is 12.4 Å². The van der Waals surface area contributed by atoms with E-state index in [0.717, 1.165) is 32.2 Å². The third-order valence-corrected chi connectivity index (χ3v) is 4.72. The number of anilines is 1. The molecule has 0 radical (unpaired) electrons. The highest BCUT2D eigenvalue weighted by atomic mass is 32.1. The first-order chi connectivity index (χ1) is 12.9. The molecule has 0 atom stereocenters. The van der Waals surface area contributed by atoms with Gasteiger partial charge in [-0.1, -0.05) is 65.9 Å². The van der Waals surface area contributed by atoms with Gasteiger partial charge in [-0.3, -0.25) is 5.43 Å². The molecule has 0 aliphatic rings. The monoisotopic (exact) mass is 359 g/mol. The molecule has 0 unspecified atom stereocenters. The van der Waals surface area contributed by atoms with Crippen molar-refractivity contribution in [2.75, 3.05) is 5.43 Å². The molecule has 1 heterocycles. The molecule has 0 saturated heterocycles. The van der Waals surface area contributed by atoms with Gasteiger partial charge in [0.15, 0.2) is 0 Å². The number of ether oxygens (including phenoxy) is 1. The molecule has 1 aromatic heterocycles. The molecule has 4 rings (SSSR count). The Hall–Kier alpha value is -3.18. The summed E-state index contributed by atoms with van der Waals surface area (Å²) >= 11 is 1.58. The van der Waals surface area contributed by atoms with Gasteiger partial charge in [0.05, 0.1) is 16.4 Å². The number of hydrazone groups is 1. The molecule has 0 saturated carbocycles. The van der Waals surface area contributed by atoms with E-state index < -0.39 is 0 Å². The summed E-state index contributed by atoms with van der Waals surface area (Å²) in [4.78, 5) is 4.49. The predicted molar refractivity (Wildman–Crippen MR) is 108 cm³/mol. The molecule has 0 amide bonds. The van der Waals surface area contributed by atoms with Crippen molar-refractivity contribution >= 4 is 32.9 Å². The van der Waals surface area contributed by atoms with E-state index in [0.29, 0.717) is 6.61 Å². The summed E-state index contributed by atoms with van der Waals surface area (Å²) in [6, 6.07) is 26.0. The Balaban J connectivity index is 1.39. The summed E-state index contributed by atoms with van der Waals surface area (Å²) in [5, 5.41) is 5.06. The number of hydrogen-bond acceptors (Lipinski definition) is 5. The number of nitrogens with zero attached hydrogens (tertiary/aromatic N) is 2. The Labute approximate surface area is 155 Å². The lowest BCUT2D eigenvalue weighted by atomic mass is 10.2. The molecule has 0 bridgehead atoms. The van der Waals surface area contributed by atoms with Crippen molar-refractivity contribution in [2.24, 2.45) is 5.10 Å². The van der Waals surface area contributed by atoms with Gasteiger partial charge in [-0.25, -0.2) is 4.98 Å². The van der Waals surface area contributed by atoms with E-state index in [1.807, 2.05) is 72.8 Å². The fraction of sp³-hybridized carbons (Fsp3) is 0.0476. The van der Waals surface area contributed by atoms with Gasteiger partial charge in [0.2, 0.25) is 5.13 Å². The Morgan fingerprint density at radius 2 is 1.81 bits per heavy atom. The van der Waals surface area contributed by atoms with Gasteiger partial charge in [0.25, 0.3) is 0 Å². The zero-order chi connectivity index (χ0) is 17.6. The lowest BCUT2D eigenvalue weighted by Gasteiger charge is -2.06. The smallest absolute Gasteiger partial charge is 0.204 e. The largest absolute Gasteiger partial charge is 0.489 e. The Morgan fingerprint density at radius 3 is 2.69 bits per heavy atom. The van der Waals surface area contributed by atoms with Crippen molar-refractivity contribution in [2.45, 2.75) is 6.61 Å². The molecule has 0 aliphatic heterocycles.